The lowest BCUT2D eigenvalue weighted by Gasteiger charge is -2.23. The average Bonchev–Trinajstić information content (AvgIpc) is 3.59. The minimum atomic E-state index is -0.878. The monoisotopic (exact) mass is 489 g/mol. The number of nitrogens with two attached hydrogens (primary N) is 1. The molecule has 3 N–H and O–H groups in total. The van der Waals surface area contributed by atoms with Crippen LogP contribution in [0.3, 0.4) is 0 Å². The second kappa shape index (κ2) is 9.24. The highest BCUT2D eigenvalue weighted by Crippen LogP contribution is 2.36. The topological polar surface area (TPSA) is 118 Å². The van der Waals surface area contributed by atoms with Crippen LogP contribution >= 0.6 is 11.3 Å². The minimum Gasteiger partial charge on any atom is -0.508 e. The highest BCUT2D eigenvalue weighted by molar-refractivity contribution is 7.09. The molecular weight excluding hydrogens is 462 g/mol. The lowest BCUT2D eigenvalue weighted by molar-refractivity contribution is 0.0735. The first-order valence-corrected chi connectivity index (χ1v) is 12.4. The van der Waals surface area contributed by atoms with Crippen molar-refractivity contribution < 1.29 is 14.3 Å². The normalized spacial score (nSPS) is 17.5. The van der Waals surface area contributed by atoms with Crippen molar-refractivity contribution in [2.45, 2.75) is 44.7 Å². The Hall–Kier alpha value is -3.56. The summed E-state index contributed by atoms with van der Waals surface area (Å²) >= 11 is 1.57. The lowest BCUT2D eigenvalue weighted by Crippen LogP contribution is -2.35. The maximum atomic E-state index is 13.4. The maximum absolute atomic E-state index is 13.4. The number of nitrogens with zero attached hydrogens (tertiary/aromatic N) is 4. The highest BCUT2D eigenvalue weighted by Gasteiger charge is 2.33. The van der Waals surface area contributed by atoms with E-state index < -0.39 is 5.54 Å². The van der Waals surface area contributed by atoms with Crippen LogP contribution in [0.25, 0.3) is 11.5 Å². The number of phenolic OH excluding ortho intramolecular Hbond substituents is 1. The van der Waals surface area contributed by atoms with Crippen molar-refractivity contribution in [3.63, 3.8) is 0 Å². The van der Waals surface area contributed by atoms with E-state index in [4.69, 9.17) is 10.2 Å². The van der Waals surface area contributed by atoms with Crippen LogP contribution in [-0.4, -0.2) is 37.6 Å². The molecule has 1 saturated heterocycles. The summed E-state index contributed by atoms with van der Waals surface area (Å²) in [5.74, 6) is 0.269. The summed E-state index contributed by atoms with van der Waals surface area (Å²) in [6.45, 7) is 4.43. The largest absolute Gasteiger partial charge is 0.508 e. The molecule has 3 heterocycles. The number of amides is 1. The first-order valence-electron chi connectivity index (χ1n) is 11.5. The lowest BCUT2D eigenvalue weighted by atomic mass is 9.94. The fraction of sp³-hybridized carbons (Fsp3) is 0.308. The zero-order valence-electron chi connectivity index (χ0n) is 19.6. The molecule has 0 bridgehead atoms. The van der Waals surface area contributed by atoms with Gasteiger partial charge in [0.15, 0.2) is 0 Å². The van der Waals surface area contributed by atoms with Crippen molar-refractivity contribution in [1.29, 1.82) is 0 Å². The van der Waals surface area contributed by atoms with E-state index in [1.54, 1.807) is 17.4 Å². The fourth-order valence-electron chi connectivity index (χ4n) is 4.48. The van der Waals surface area contributed by atoms with Gasteiger partial charge in [-0.15, -0.1) is 21.5 Å². The minimum absolute atomic E-state index is 0.0498. The van der Waals surface area contributed by atoms with E-state index >= 15 is 0 Å². The van der Waals surface area contributed by atoms with Crippen LogP contribution in [0, 0.1) is 6.92 Å². The molecule has 8 nitrogen and oxygen atoms in total. The zero-order chi connectivity index (χ0) is 24.6. The number of aromatic hydroxyl groups is 1. The second-order valence-electron chi connectivity index (χ2n) is 9.24. The Balaban J connectivity index is 1.40. The summed E-state index contributed by atoms with van der Waals surface area (Å²) < 4.78 is 5.92. The molecule has 35 heavy (non-hydrogen) atoms. The van der Waals surface area contributed by atoms with Crippen LogP contribution in [0.15, 0.2) is 58.3 Å². The number of likely N-dealkylation sites (tertiary alicyclic amines) is 1. The van der Waals surface area contributed by atoms with Gasteiger partial charge in [0, 0.05) is 28.7 Å². The molecule has 2 atom stereocenters. The van der Waals surface area contributed by atoms with E-state index in [9.17, 15) is 9.90 Å². The van der Waals surface area contributed by atoms with Gasteiger partial charge >= 0.3 is 0 Å². The summed E-state index contributed by atoms with van der Waals surface area (Å²) in [4.78, 5) is 19.9. The predicted octanol–water partition coefficient (Wildman–Crippen LogP) is 4.60. The quantitative estimate of drug-likeness (QED) is 0.406. The number of aryl methyl sites for hydroxylation is 1. The summed E-state index contributed by atoms with van der Waals surface area (Å²) in [6, 6.07) is 14.4. The van der Waals surface area contributed by atoms with Gasteiger partial charge in [-0.3, -0.25) is 4.79 Å². The predicted molar refractivity (Wildman–Crippen MR) is 133 cm³/mol. The Morgan fingerprint density at radius 3 is 2.80 bits per heavy atom. The van der Waals surface area contributed by atoms with Gasteiger partial charge in [0.25, 0.3) is 5.91 Å². The summed E-state index contributed by atoms with van der Waals surface area (Å²) in [7, 11) is 0. The highest BCUT2D eigenvalue weighted by atomic mass is 32.1. The van der Waals surface area contributed by atoms with Crippen LogP contribution < -0.4 is 5.73 Å². The molecular formula is C26H27N5O3S. The van der Waals surface area contributed by atoms with Crippen LogP contribution in [-0.2, 0) is 12.0 Å². The molecule has 5 rings (SSSR count). The number of benzene rings is 2. The third kappa shape index (κ3) is 4.82. The van der Waals surface area contributed by atoms with E-state index in [-0.39, 0.29) is 29.5 Å². The molecule has 2 unspecified atom stereocenters. The maximum Gasteiger partial charge on any atom is 0.254 e. The number of aromatic nitrogens is 3. The first kappa shape index (κ1) is 23.2. The third-order valence-corrected chi connectivity index (χ3v) is 7.24. The van der Waals surface area contributed by atoms with E-state index in [0.717, 1.165) is 29.1 Å². The Bertz CT molecular complexity index is 1350. The molecule has 0 saturated carbocycles. The Morgan fingerprint density at radius 1 is 1.26 bits per heavy atom. The van der Waals surface area contributed by atoms with E-state index in [1.165, 1.54) is 12.1 Å². The van der Waals surface area contributed by atoms with Crippen molar-refractivity contribution in [2.24, 2.45) is 5.73 Å². The Kier molecular flexibility index (Phi) is 6.12. The molecule has 1 fully saturated rings. The average molecular weight is 490 g/mol. The van der Waals surface area contributed by atoms with Gasteiger partial charge in [0.05, 0.1) is 11.6 Å². The van der Waals surface area contributed by atoms with Gasteiger partial charge < -0.3 is 20.2 Å². The second-order valence-corrected chi connectivity index (χ2v) is 10.1. The van der Waals surface area contributed by atoms with Gasteiger partial charge in [-0.2, -0.15) is 0 Å². The molecule has 0 radical (unpaired) electrons. The molecule has 1 aliphatic heterocycles. The van der Waals surface area contributed by atoms with Crippen molar-refractivity contribution >= 4 is 17.2 Å². The molecule has 0 spiro atoms. The number of carbonyl (C=O) groups excluding carboxylic acids is 1. The van der Waals surface area contributed by atoms with Crippen molar-refractivity contribution in [2.75, 3.05) is 6.54 Å². The zero-order valence-corrected chi connectivity index (χ0v) is 20.5. The van der Waals surface area contributed by atoms with Crippen LogP contribution in [0.5, 0.6) is 5.75 Å². The molecule has 2 aromatic heterocycles. The van der Waals surface area contributed by atoms with Crippen molar-refractivity contribution in [1.82, 2.24) is 20.1 Å². The van der Waals surface area contributed by atoms with Crippen molar-refractivity contribution in [3.8, 4) is 17.2 Å². The van der Waals surface area contributed by atoms with Crippen LogP contribution in [0.2, 0.25) is 0 Å². The van der Waals surface area contributed by atoms with Gasteiger partial charge in [0.1, 0.15) is 10.8 Å². The van der Waals surface area contributed by atoms with E-state index in [0.29, 0.717) is 24.1 Å². The number of carbonyl (C=O) groups is 1. The number of hydrogen-bond acceptors (Lipinski definition) is 8. The molecule has 1 aliphatic rings. The molecule has 4 aromatic rings. The number of rotatable bonds is 6. The van der Waals surface area contributed by atoms with Gasteiger partial charge in [-0.1, -0.05) is 30.3 Å². The van der Waals surface area contributed by atoms with E-state index in [2.05, 4.69) is 15.2 Å². The molecule has 180 valence electrons. The number of thiazole rings is 1. The number of hydrogen-bond donors (Lipinski definition) is 2. The smallest absolute Gasteiger partial charge is 0.254 e. The Morgan fingerprint density at radius 2 is 2.06 bits per heavy atom. The number of phenols is 1. The standard InChI is InChI=1S/C26H27N5O3S/c1-16-15-35-23(28-16)21-9-6-10-31(21)24(33)19-11-18(12-20(32)13-19)22-29-30-25(34-22)26(2,27)14-17-7-4-3-5-8-17/h3-5,7-8,11-13,15,21,32H,6,9-10,14,27H2,1-2H3. The third-order valence-electron chi connectivity index (χ3n) is 6.17. The molecule has 9 heteroatoms. The summed E-state index contributed by atoms with van der Waals surface area (Å²) in [5, 5.41) is 21.7. The van der Waals surface area contributed by atoms with Gasteiger partial charge in [-0.05, 0) is 56.9 Å². The first-order chi connectivity index (χ1) is 16.8. The van der Waals surface area contributed by atoms with Crippen LogP contribution in [0.1, 0.15) is 58.3 Å². The SMILES string of the molecule is Cc1csc(C2CCCN2C(=O)c2cc(O)cc(-c3nnc(C(C)(N)Cc4ccccc4)o3)c2)n1. The van der Waals surface area contributed by atoms with Gasteiger partial charge in [0.2, 0.25) is 11.8 Å². The van der Waals surface area contributed by atoms with Crippen LogP contribution in [0.4, 0.5) is 0 Å². The summed E-state index contributed by atoms with van der Waals surface area (Å²) in [6.07, 6.45) is 2.30. The molecule has 2 aromatic carbocycles. The van der Waals surface area contributed by atoms with Crippen molar-refractivity contribution in [3.05, 3.63) is 81.6 Å². The van der Waals surface area contributed by atoms with Gasteiger partial charge in [-0.25, -0.2) is 4.98 Å². The molecule has 1 amide bonds. The summed E-state index contributed by atoms with van der Waals surface area (Å²) in [5.41, 5.74) is 8.46. The fourth-order valence-corrected chi connectivity index (χ4v) is 5.42. The van der Waals surface area contributed by atoms with E-state index in [1.807, 2.05) is 54.5 Å². The Labute approximate surface area is 207 Å². The molecule has 0 aliphatic carbocycles.